The van der Waals surface area contributed by atoms with Gasteiger partial charge in [0, 0.05) is 13.6 Å². The van der Waals surface area contributed by atoms with E-state index in [9.17, 15) is 14.4 Å². The molecule has 0 aliphatic rings. The Morgan fingerprint density at radius 2 is 1.94 bits per heavy atom. The van der Waals surface area contributed by atoms with Crippen LogP contribution in [0, 0.1) is 0 Å². The van der Waals surface area contributed by atoms with Crippen molar-refractivity contribution in [2.75, 3.05) is 20.7 Å². The van der Waals surface area contributed by atoms with Crippen LogP contribution < -0.4 is 16.0 Å². The highest BCUT2D eigenvalue weighted by Gasteiger charge is 2.19. The van der Waals surface area contributed by atoms with E-state index in [1.807, 2.05) is 0 Å². The van der Waals surface area contributed by atoms with Gasteiger partial charge in [-0.25, -0.2) is 9.59 Å². The monoisotopic (exact) mass is 261 g/mol. The molecule has 3 amide bonds. The fourth-order valence-corrected chi connectivity index (χ4v) is 1.31. The minimum Gasteiger partial charge on any atom is -0.465 e. The van der Waals surface area contributed by atoms with E-state index in [-0.39, 0.29) is 5.91 Å². The van der Waals surface area contributed by atoms with Crippen molar-refractivity contribution in [3.63, 3.8) is 0 Å². The number of alkyl carbamates (subject to hydrolysis) is 1. The zero-order valence-corrected chi connectivity index (χ0v) is 10.5. The van der Waals surface area contributed by atoms with Gasteiger partial charge >= 0.3 is 12.2 Å². The summed E-state index contributed by atoms with van der Waals surface area (Å²) in [5, 5.41) is 15.4. The third-order valence-corrected chi connectivity index (χ3v) is 2.24. The number of nitrogens with one attached hydrogen (secondary N) is 3. The van der Waals surface area contributed by atoms with Crippen LogP contribution >= 0.6 is 0 Å². The van der Waals surface area contributed by atoms with Gasteiger partial charge in [-0.2, -0.15) is 0 Å². The molecule has 18 heavy (non-hydrogen) atoms. The standard InChI is InChI=1S/C10H19N3O5/c1-11-8(14)7(13-10(17)18-2)5-3-4-6-12-9(15)16/h7,12H,3-6H2,1-2H3,(H,11,14)(H,13,17)(H,15,16). The molecule has 0 fully saturated rings. The molecule has 0 aliphatic carbocycles. The maximum absolute atomic E-state index is 11.4. The number of ether oxygens (including phenoxy) is 1. The molecule has 1 atom stereocenters. The van der Waals surface area contributed by atoms with E-state index in [0.717, 1.165) is 0 Å². The van der Waals surface area contributed by atoms with Crippen molar-refractivity contribution in [2.24, 2.45) is 0 Å². The molecule has 0 aromatic heterocycles. The number of unbranched alkanes of at least 4 members (excludes halogenated alkanes) is 1. The topological polar surface area (TPSA) is 117 Å². The smallest absolute Gasteiger partial charge is 0.407 e. The van der Waals surface area contributed by atoms with Crippen molar-refractivity contribution >= 4 is 18.1 Å². The van der Waals surface area contributed by atoms with Crippen LogP contribution in [0.1, 0.15) is 19.3 Å². The SMILES string of the molecule is CNC(=O)C(CCCCNC(=O)O)NC(=O)OC. The Labute approximate surface area is 105 Å². The van der Waals surface area contributed by atoms with E-state index in [1.54, 1.807) is 0 Å². The lowest BCUT2D eigenvalue weighted by molar-refractivity contribution is -0.122. The Balaban J connectivity index is 3.97. The molecule has 0 heterocycles. The minimum atomic E-state index is -1.08. The second-order valence-corrected chi connectivity index (χ2v) is 3.53. The zero-order valence-electron chi connectivity index (χ0n) is 10.5. The van der Waals surface area contributed by atoms with Crippen LogP contribution in [0.15, 0.2) is 0 Å². The molecular weight excluding hydrogens is 242 g/mol. The number of methoxy groups -OCH3 is 1. The van der Waals surface area contributed by atoms with Gasteiger partial charge in [-0.1, -0.05) is 0 Å². The predicted octanol–water partition coefficient (Wildman–Crippen LogP) is -0.105. The first-order valence-electron chi connectivity index (χ1n) is 5.54. The molecule has 0 saturated carbocycles. The lowest BCUT2D eigenvalue weighted by atomic mass is 10.1. The molecule has 0 aromatic carbocycles. The zero-order chi connectivity index (χ0) is 14.0. The molecule has 0 saturated heterocycles. The van der Waals surface area contributed by atoms with E-state index < -0.39 is 18.2 Å². The Hall–Kier alpha value is -1.99. The van der Waals surface area contributed by atoms with Gasteiger partial charge in [0.15, 0.2) is 0 Å². The summed E-state index contributed by atoms with van der Waals surface area (Å²) in [4.78, 5) is 32.6. The summed E-state index contributed by atoms with van der Waals surface area (Å²) in [7, 11) is 2.69. The summed E-state index contributed by atoms with van der Waals surface area (Å²) in [5.74, 6) is -0.313. The fourth-order valence-electron chi connectivity index (χ4n) is 1.31. The second-order valence-electron chi connectivity index (χ2n) is 3.53. The molecular formula is C10H19N3O5. The van der Waals surface area contributed by atoms with Crippen LogP contribution in [-0.2, 0) is 9.53 Å². The Morgan fingerprint density at radius 3 is 2.44 bits per heavy atom. The van der Waals surface area contributed by atoms with E-state index in [1.165, 1.54) is 14.2 Å². The quantitative estimate of drug-likeness (QED) is 0.477. The Morgan fingerprint density at radius 1 is 1.28 bits per heavy atom. The van der Waals surface area contributed by atoms with Crippen molar-refractivity contribution in [1.29, 1.82) is 0 Å². The third-order valence-electron chi connectivity index (χ3n) is 2.24. The summed E-state index contributed by atoms with van der Waals surface area (Å²) >= 11 is 0. The molecule has 1 unspecified atom stereocenters. The summed E-state index contributed by atoms with van der Waals surface area (Å²) in [6.07, 6.45) is -0.154. The van der Waals surface area contributed by atoms with Crippen LogP contribution in [-0.4, -0.2) is 49.9 Å². The lowest BCUT2D eigenvalue weighted by Crippen LogP contribution is -2.45. The number of likely N-dealkylation sites (N-methyl/N-ethyl adjacent to an activating group) is 1. The summed E-state index contributed by atoms with van der Waals surface area (Å²) in [6, 6.07) is -0.674. The number of carbonyl (C=O) groups is 3. The number of carbonyl (C=O) groups excluding carboxylic acids is 2. The van der Waals surface area contributed by atoms with Crippen molar-refractivity contribution in [3.05, 3.63) is 0 Å². The van der Waals surface area contributed by atoms with Gasteiger partial charge in [0.1, 0.15) is 6.04 Å². The molecule has 0 spiro atoms. The molecule has 0 bridgehead atoms. The molecule has 0 rings (SSSR count). The van der Waals surface area contributed by atoms with Gasteiger partial charge < -0.3 is 25.8 Å². The molecule has 8 nitrogen and oxygen atoms in total. The Bertz CT molecular complexity index is 295. The molecule has 8 heteroatoms. The lowest BCUT2D eigenvalue weighted by Gasteiger charge is -2.16. The van der Waals surface area contributed by atoms with Crippen molar-refractivity contribution in [1.82, 2.24) is 16.0 Å². The van der Waals surface area contributed by atoms with E-state index >= 15 is 0 Å². The van der Waals surface area contributed by atoms with Gasteiger partial charge in [-0.05, 0) is 19.3 Å². The fraction of sp³-hybridized carbons (Fsp3) is 0.700. The predicted molar refractivity (Wildman–Crippen MR) is 63.3 cm³/mol. The highest BCUT2D eigenvalue weighted by Crippen LogP contribution is 2.01. The van der Waals surface area contributed by atoms with Gasteiger partial charge in [-0.3, -0.25) is 4.79 Å². The first-order valence-corrected chi connectivity index (χ1v) is 5.54. The number of hydrogen-bond donors (Lipinski definition) is 4. The Kier molecular flexibility index (Phi) is 8.08. The molecule has 0 radical (unpaired) electrons. The molecule has 104 valence electrons. The van der Waals surface area contributed by atoms with Gasteiger partial charge in [0.25, 0.3) is 0 Å². The van der Waals surface area contributed by atoms with Crippen molar-refractivity contribution in [3.8, 4) is 0 Å². The number of hydrogen-bond acceptors (Lipinski definition) is 4. The maximum Gasteiger partial charge on any atom is 0.407 e. The van der Waals surface area contributed by atoms with Gasteiger partial charge in [-0.15, -0.1) is 0 Å². The van der Waals surface area contributed by atoms with E-state index in [4.69, 9.17) is 5.11 Å². The van der Waals surface area contributed by atoms with Crippen LogP contribution in [0.25, 0.3) is 0 Å². The largest absolute Gasteiger partial charge is 0.465 e. The summed E-state index contributed by atoms with van der Waals surface area (Å²) < 4.78 is 4.41. The molecule has 4 N–H and O–H groups in total. The normalized spacial score (nSPS) is 11.2. The minimum absolute atomic E-state index is 0.313. The third kappa shape index (κ3) is 7.31. The first-order chi connectivity index (χ1) is 8.51. The highest BCUT2D eigenvalue weighted by atomic mass is 16.5. The van der Waals surface area contributed by atoms with Gasteiger partial charge in [0.2, 0.25) is 5.91 Å². The van der Waals surface area contributed by atoms with Crippen LogP contribution in [0.3, 0.4) is 0 Å². The number of carboxylic acid groups (broad SMARTS) is 1. The van der Waals surface area contributed by atoms with Crippen LogP contribution in [0.5, 0.6) is 0 Å². The van der Waals surface area contributed by atoms with Crippen molar-refractivity contribution in [2.45, 2.75) is 25.3 Å². The van der Waals surface area contributed by atoms with Crippen LogP contribution in [0.2, 0.25) is 0 Å². The maximum atomic E-state index is 11.4. The summed E-state index contributed by atoms with van der Waals surface area (Å²) in [6.45, 7) is 0.314. The highest BCUT2D eigenvalue weighted by molar-refractivity contribution is 5.85. The number of rotatable bonds is 7. The van der Waals surface area contributed by atoms with Crippen molar-refractivity contribution < 1.29 is 24.2 Å². The molecule has 0 aliphatic heterocycles. The first kappa shape index (κ1) is 16.0. The van der Waals surface area contributed by atoms with E-state index in [2.05, 4.69) is 20.7 Å². The van der Waals surface area contributed by atoms with Gasteiger partial charge in [0.05, 0.1) is 7.11 Å². The van der Waals surface area contributed by atoms with Crippen LogP contribution in [0.4, 0.5) is 9.59 Å². The molecule has 0 aromatic rings. The summed E-state index contributed by atoms with van der Waals surface area (Å²) in [5.41, 5.74) is 0. The second kappa shape index (κ2) is 9.08. The average Bonchev–Trinajstić information content (AvgIpc) is 2.35. The average molecular weight is 261 g/mol. The van der Waals surface area contributed by atoms with E-state index in [0.29, 0.717) is 25.8 Å². The number of amides is 3.